The molecule has 73 heavy (non-hydrogen) atoms. The second-order valence-corrected chi connectivity index (χ2v) is 25.7. The van der Waals surface area contributed by atoms with Gasteiger partial charge in [-0.05, 0) is 188 Å². The summed E-state index contributed by atoms with van der Waals surface area (Å²) in [6.45, 7) is 29.2. The molecular weight excluding hydrogens is 886 g/mol. The first kappa shape index (κ1) is 45.9. The van der Waals surface area contributed by atoms with Gasteiger partial charge < -0.3 is 19.1 Å². The number of rotatable bonds is 5. The first-order valence-corrected chi connectivity index (χ1v) is 26.8. The Morgan fingerprint density at radius 3 is 1.67 bits per heavy atom. The zero-order valence-electron chi connectivity index (χ0n) is 45.0. The fourth-order valence-corrected chi connectivity index (χ4v) is 14.0. The molecule has 0 radical (unpaired) electrons. The van der Waals surface area contributed by atoms with Crippen LogP contribution in [0, 0.1) is 6.92 Å². The maximum absolute atomic E-state index is 6.53. The summed E-state index contributed by atoms with van der Waals surface area (Å²) < 4.78 is 6.53. The van der Waals surface area contributed by atoms with E-state index in [9.17, 15) is 0 Å². The average Bonchev–Trinajstić information content (AvgIpc) is 3.82. The molecule has 0 saturated heterocycles. The summed E-state index contributed by atoms with van der Waals surface area (Å²) in [6, 6.07) is 59.9. The molecule has 0 amide bonds. The molecule has 13 rings (SSSR count). The van der Waals surface area contributed by atoms with Gasteiger partial charge in [0, 0.05) is 62.0 Å². The van der Waals surface area contributed by atoms with Crippen molar-refractivity contribution in [3.05, 3.63) is 191 Å². The predicted octanol–water partition coefficient (Wildman–Crippen LogP) is 17.1. The van der Waals surface area contributed by atoms with Gasteiger partial charge in [0.2, 0.25) is 0 Å². The number of nitrogens with zero attached hydrogens (tertiary/aromatic N) is 3. The van der Waals surface area contributed by atoms with Crippen LogP contribution in [0.25, 0.3) is 21.9 Å². The van der Waals surface area contributed by atoms with Crippen LogP contribution in [0.1, 0.15) is 129 Å². The molecule has 0 fully saturated rings. The first-order valence-electron chi connectivity index (χ1n) is 26.8. The van der Waals surface area contributed by atoms with E-state index < -0.39 is 0 Å². The van der Waals surface area contributed by atoms with Gasteiger partial charge in [-0.15, -0.1) is 0 Å². The third-order valence-electron chi connectivity index (χ3n) is 17.7. The molecule has 5 heteroatoms. The first-order chi connectivity index (χ1) is 34.7. The van der Waals surface area contributed by atoms with Gasteiger partial charge in [-0.25, -0.2) is 0 Å². The van der Waals surface area contributed by atoms with Gasteiger partial charge in [0.1, 0.15) is 11.2 Å². The minimum absolute atomic E-state index is 0.0189. The van der Waals surface area contributed by atoms with Crippen LogP contribution < -0.4 is 31.1 Å². The van der Waals surface area contributed by atoms with Crippen molar-refractivity contribution in [2.24, 2.45) is 0 Å². The Labute approximate surface area is 433 Å². The highest BCUT2D eigenvalue weighted by Gasteiger charge is 2.49. The standard InChI is InChI=1S/C68H68BN3O/c1-42-33-50-53(68(11,12)41-67(50,9)10)39-56(42)72-58-40-52-51(65(5,6)31-32-66(52,7)8)38-55(58)69-54-29-27-47(70(44-21-15-13-16-22-44)45-23-17-14-18-24-45)37-57(54)71(59-34-43(64(2,3)4)35-60(72)63(59)69)46-28-30-62-49(36-46)48-25-19-20-26-61(48)73-62/h13-30,33-40H,31-32,41H2,1-12H3. The smallest absolute Gasteiger partial charge is 0.252 e. The topological polar surface area (TPSA) is 22.9 Å². The lowest BCUT2D eigenvalue weighted by atomic mass is 9.33. The maximum Gasteiger partial charge on any atom is 0.252 e. The number of fused-ring (bicyclic) bond motifs is 9. The number of benzene rings is 8. The normalized spacial score (nSPS) is 17.5. The van der Waals surface area contributed by atoms with Gasteiger partial charge in [-0.1, -0.05) is 149 Å². The molecule has 1 aromatic heterocycles. The van der Waals surface area contributed by atoms with E-state index in [1.54, 1.807) is 0 Å². The number of aryl methyl sites for hydroxylation is 1. The van der Waals surface area contributed by atoms with Crippen molar-refractivity contribution in [1.29, 1.82) is 0 Å². The van der Waals surface area contributed by atoms with E-state index in [0.29, 0.717) is 0 Å². The minimum Gasteiger partial charge on any atom is -0.456 e. The van der Waals surface area contributed by atoms with E-state index in [2.05, 4.69) is 256 Å². The van der Waals surface area contributed by atoms with E-state index in [-0.39, 0.29) is 33.8 Å². The van der Waals surface area contributed by atoms with Crippen LogP contribution in [-0.2, 0) is 27.1 Å². The Morgan fingerprint density at radius 2 is 1.01 bits per heavy atom. The molecule has 0 atom stereocenters. The molecule has 2 aliphatic carbocycles. The van der Waals surface area contributed by atoms with Gasteiger partial charge in [0.05, 0.1) is 0 Å². The summed E-state index contributed by atoms with van der Waals surface area (Å²) in [7, 11) is 0. The van der Waals surface area contributed by atoms with Gasteiger partial charge in [-0.3, -0.25) is 0 Å². The molecule has 9 aromatic rings. The molecule has 0 saturated carbocycles. The van der Waals surface area contributed by atoms with E-state index in [0.717, 1.165) is 64.0 Å². The fraction of sp³-hybridized carbons (Fsp3) is 0.294. The molecular formula is C68H68BN3O. The third-order valence-corrected chi connectivity index (χ3v) is 17.7. The Kier molecular flexibility index (Phi) is 9.75. The summed E-state index contributed by atoms with van der Waals surface area (Å²) in [5.41, 5.74) is 25.1. The molecule has 2 aliphatic heterocycles. The summed E-state index contributed by atoms with van der Waals surface area (Å²) in [6.07, 6.45) is 3.43. The van der Waals surface area contributed by atoms with Gasteiger partial charge in [0.25, 0.3) is 6.71 Å². The lowest BCUT2D eigenvalue weighted by molar-refractivity contribution is 0.332. The number of furan rings is 1. The van der Waals surface area contributed by atoms with E-state index in [4.69, 9.17) is 4.42 Å². The van der Waals surface area contributed by atoms with E-state index in [1.165, 1.54) is 78.2 Å². The highest BCUT2D eigenvalue weighted by atomic mass is 16.3. The van der Waals surface area contributed by atoms with Crippen LogP contribution in [0.5, 0.6) is 0 Å². The van der Waals surface area contributed by atoms with Crippen molar-refractivity contribution < 1.29 is 4.42 Å². The Hall–Kier alpha value is -6.98. The Bertz CT molecular complexity index is 3700. The highest BCUT2D eigenvalue weighted by Crippen LogP contribution is 2.55. The van der Waals surface area contributed by atoms with E-state index >= 15 is 0 Å². The summed E-state index contributed by atoms with van der Waals surface area (Å²) in [5, 5.41) is 2.24. The number of para-hydroxylation sites is 3. The van der Waals surface area contributed by atoms with Gasteiger partial charge in [-0.2, -0.15) is 0 Å². The lowest BCUT2D eigenvalue weighted by Gasteiger charge is -2.48. The second kappa shape index (κ2) is 15.5. The Morgan fingerprint density at radius 1 is 0.466 bits per heavy atom. The van der Waals surface area contributed by atoms with Crippen molar-refractivity contribution in [3.8, 4) is 0 Å². The molecule has 4 nitrogen and oxygen atoms in total. The van der Waals surface area contributed by atoms with Crippen LogP contribution >= 0.6 is 0 Å². The van der Waals surface area contributed by atoms with Gasteiger partial charge >= 0.3 is 0 Å². The zero-order valence-corrected chi connectivity index (χ0v) is 45.0. The SMILES string of the molecule is Cc1cc2c(cc1N1c3cc4c(cc3B3c5ccc(N(c6ccccc6)c6ccccc6)cc5N(c5ccc6oc7ccccc7c6c5)c5cc(C(C)(C)C)cc1c53)C(C)(C)CCC4(C)C)C(C)(C)CC2(C)C. The van der Waals surface area contributed by atoms with Crippen LogP contribution in [-0.4, -0.2) is 6.71 Å². The van der Waals surface area contributed by atoms with Crippen molar-refractivity contribution in [2.45, 2.75) is 129 Å². The molecule has 4 aliphatic rings. The molecule has 0 bridgehead atoms. The number of anilines is 9. The molecule has 0 spiro atoms. The van der Waals surface area contributed by atoms with Crippen molar-refractivity contribution in [1.82, 2.24) is 0 Å². The van der Waals surface area contributed by atoms with Crippen molar-refractivity contribution >= 4 is 96.2 Å². The van der Waals surface area contributed by atoms with Crippen molar-refractivity contribution in [3.63, 3.8) is 0 Å². The summed E-state index contributed by atoms with van der Waals surface area (Å²) in [4.78, 5) is 7.75. The van der Waals surface area contributed by atoms with Crippen LogP contribution in [0.15, 0.2) is 162 Å². The molecule has 364 valence electrons. The maximum atomic E-state index is 6.53. The lowest BCUT2D eigenvalue weighted by Crippen LogP contribution is -2.62. The van der Waals surface area contributed by atoms with Crippen LogP contribution in [0.3, 0.4) is 0 Å². The average molecular weight is 954 g/mol. The zero-order chi connectivity index (χ0) is 50.7. The van der Waals surface area contributed by atoms with Gasteiger partial charge in [0.15, 0.2) is 0 Å². The van der Waals surface area contributed by atoms with E-state index in [1.807, 2.05) is 0 Å². The fourth-order valence-electron chi connectivity index (χ4n) is 14.0. The Balaban J connectivity index is 1.17. The summed E-state index contributed by atoms with van der Waals surface area (Å²) >= 11 is 0. The molecule has 8 aromatic carbocycles. The number of hydrogen-bond acceptors (Lipinski definition) is 4. The van der Waals surface area contributed by atoms with Crippen molar-refractivity contribution in [2.75, 3.05) is 14.7 Å². The summed E-state index contributed by atoms with van der Waals surface area (Å²) in [5.74, 6) is 0. The van der Waals surface area contributed by atoms with Crippen LogP contribution in [0.4, 0.5) is 51.2 Å². The predicted molar refractivity (Wildman–Crippen MR) is 312 cm³/mol. The largest absolute Gasteiger partial charge is 0.456 e. The molecule has 0 unspecified atom stereocenters. The second-order valence-electron chi connectivity index (χ2n) is 25.7. The quantitative estimate of drug-likeness (QED) is 0.160. The molecule has 0 N–H and O–H groups in total. The number of hydrogen-bond donors (Lipinski definition) is 0. The third kappa shape index (κ3) is 6.93. The molecule has 3 heterocycles. The minimum atomic E-state index is -0.163. The highest BCUT2D eigenvalue weighted by molar-refractivity contribution is 7.00. The monoisotopic (exact) mass is 954 g/mol. The van der Waals surface area contributed by atoms with Crippen LogP contribution in [0.2, 0.25) is 0 Å².